The molecule has 0 saturated heterocycles. The van der Waals surface area contributed by atoms with Crippen molar-refractivity contribution in [3.05, 3.63) is 11.7 Å². The number of aliphatic hydroxyl groups is 1. The molecule has 1 N–H and O–H groups in total. The summed E-state index contributed by atoms with van der Waals surface area (Å²) < 4.78 is 5.27. The van der Waals surface area contributed by atoms with Gasteiger partial charge in [-0.3, -0.25) is 4.79 Å². The molecule has 1 heterocycles. The van der Waals surface area contributed by atoms with Gasteiger partial charge in [0.05, 0.1) is 12.6 Å². The van der Waals surface area contributed by atoms with Crippen LogP contribution >= 0.6 is 0 Å². The number of aliphatic hydroxyl groups excluding tert-OH is 1. The van der Waals surface area contributed by atoms with E-state index >= 15 is 0 Å². The zero-order valence-corrected chi connectivity index (χ0v) is 12.5. The Bertz CT molecular complexity index is 498. The Hall–Kier alpha value is -1.43. The number of rotatable bonds is 4. The maximum atomic E-state index is 12.4. The molecule has 2 saturated carbocycles. The van der Waals surface area contributed by atoms with Crippen LogP contribution in [-0.4, -0.2) is 39.2 Å². The molecule has 2 atom stereocenters. The monoisotopic (exact) mass is 293 g/mol. The molecule has 1 amide bonds. The van der Waals surface area contributed by atoms with Crippen molar-refractivity contribution in [2.24, 2.45) is 5.92 Å². The van der Waals surface area contributed by atoms with Crippen molar-refractivity contribution >= 4 is 5.91 Å². The van der Waals surface area contributed by atoms with Gasteiger partial charge < -0.3 is 14.5 Å². The number of aromatic nitrogens is 2. The van der Waals surface area contributed by atoms with E-state index in [2.05, 4.69) is 10.1 Å². The van der Waals surface area contributed by atoms with Crippen LogP contribution in [0.5, 0.6) is 0 Å². The first-order valence-electron chi connectivity index (χ1n) is 7.89. The maximum absolute atomic E-state index is 12.4. The van der Waals surface area contributed by atoms with Crippen molar-refractivity contribution < 1.29 is 14.4 Å². The standard InChI is InChI=1S/C15H23N3O3/c1-18(15(20)11-6-3-7-12(19)8-11)9-13-16-14(21-17-13)10-4-2-5-10/h10-12,19H,2-9H2,1H3/t11-,12+/m0/s1. The zero-order chi connectivity index (χ0) is 14.8. The summed E-state index contributed by atoms with van der Waals surface area (Å²) in [7, 11) is 1.77. The van der Waals surface area contributed by atoms with Crippen LogP contribution in [0.25, 0.3) is 0 Å². The molecule has 6 nitrogen and oxygen atoms in total. The number of nitrogens with zero attached hydrogens (tertiary/aromatic N) is 3. The Morgan fingerprint density at radius 3 is 2.76 bits per heavy atom. The third-order valence-corrected chi connectivity index (χ3v) is 4.69. The van der Waals surface area contributed by atoms with E-state index in [-0.39, 0.29) is 17.9 Å². The smallest absolute Gasteiger partial charge is 0.229 e. The highest BCUT2D eigenvalue weighted by atomic mass is 16.5. The number of carbonyl (C=O) groups is 1. The SMILES string of the molecule is CN(Cc1noc(C2CCC2)n1)C(=O)[C@H]1CCC[C@@H](O)C1. The Labute approximate surface area is 124 Å². The Kier molecular flexibility index (Phi) is 4.24. The van der Waals surface area contributed by atoms with Gasteiger partial charge in [-0.15, -0.1) is 0 Å². The summed E-state index contributed by atoms with van der Waals surface area (Å²) in [6.45, 7) is 0.377. The normalized spacial score (nSPS) is 26.4. The van der Waals surface area contributed by atoms with Crippen LogP contribution in [-0.2, 0) is 11.3 Å². The highest BCUT2D eigenvalue weighted by Crippen LogP contribution is 2.35. The number of amides is 1. The lowest BCUT2D eigenvalue weighted by Gasteiger charge is -2.28. The second-order valence-corrected chi connectivity index (χ2v) is 6.39. The average Bonchev–Trinajstić information content (AvgIpc) is 2.84. The number of hydrogen-bond acceptors (Lipinski definition) is 5. The summed E-state index contributed by atoms with van der Waals surface area (Å²) in [5.74, 6) is 1.70. The van der Waals surface area contributed by atoms with Gasteiger partial charge in [-0.05, 0) is 32.1 Å². The Morgan fingerprint density at radius 2 is 2.10 bits per heavy atom. The van der Waals surface area contributed by atoms with E-state index in [1.165, 1.54) is 6.42 Å². The molecular formula is C15H23N3O3. The first-order chi connectivity index (χ1) is 10.1. The fourth-order valence-corrected chi connectivity index (χ4v) is 3.14. The lowest BCUT2D eigenvalue weighted by molar-refractivity contribution is -0.137. The Morgan fingerprint density at radius 1 is 1.33 bits per heavy atom. The molecule has 0 unspecified atom stereocenters. The molecule has 2 aliphatic carbocycles. The van der Waals surface area contributed by atoms with Gasteiger partial charge in [0.2, 0.25) is 11.8 Å². The first kappa shape index (κ1) is 14.5. The van der Waals surface area contributed by atoms with Gasteiger partial charge >= 0.3 is 0 Å². The van der Waals surface area contributed by atoms with Crippen LogP contribution in [0.1, 0.15) is 62.6 Å². The van der Waals surface area contributed by atoms with Gasteiger partial charge in [-0.2, -0.15) is 4.98 Å². The van der Waals surface area contributed by atoms with Gasteiger partial charge in [0.1, 0.15) is 0 Å². The van der Waals surface area contributed by atoms with E-state index in [0.717, 1.165) is 32.1 Å². The largest absolute Gasteiger partial charge is 0.393 e. The van der Waals surface area contributed by atoms with Crippen LogP contribution < -0.4 is 0 Å². The summed E-state index contributed by atoms with van der Waals surface area (Å²) >= 11 is 0. The molecule has 0 spiro atoms. The van der Waals surface area contributed by atoms with Crippen LogP contribution in [0, 0.1) is 5.92 Å². The molecule has 0 aromatic carbocycles. The fraction of sp³-hybridized carbons (Fsp3) is 0.800. The average molecular weight is 293 g/mol. The number of carbonyl (C=O) groups excluding carboxylic acids is 1. The molecule has 1 aromatic heterocycles. The highest BCUT2D eigenvalue weighted by molar-refractivity contribution is 5.78. The van der Waals surface area contributed by atoms with Crippen molar-refractivity contribution in [3.63, 3.8) is 0 Å². The molecule has 3 rings (SSSR count). The topological polar surface area (TPSA) is 79.5 Å². The minimum atomic E-state index is -0.337. The molecule has 0 bridgehead atoms. The molecule has 1 aromatic rings. The summed E-state index contributed by atoms with van der Waals surface area (Å²) in [5.41, 5.74) is 0. The van der Waals surface area contributed by atoms with Gasteiger partial charge in [0, 0.05) is 18.9 Å². The van der Waals surface area contributed by atoms with E-state index in [9.17, 15) is 9.90 Å². The summed E-state index contributed by atoms with van der Waals surface area (Å²) in [5, 5.41) is 13.7. The lowest BCUT2D eigenvalue weighted by Crippen LogP contribution is -2.36. The zero-order valence-electron chi connectivity index (χ0n) is 12.5. The van der Waals surface area contributed by atoms with E-state index in [4.69, 9.17) is 4.52 Å². The van der Waals surface area contributed by atoms with Crippen LogP contribution in [0.3, 0.4) is 0 Å². The third kappa shape index (κ3) is 3.26. The maximum Gasteiger partial charge on any atom is 0.229 e. The molecule has 0 radical (unpaired) electrons. The van der Waals surface area contributed by atoms with Crippen LogP contribution in [0.2, 0.25) is 0 Å². The summed E-state index contributed by atoms with van der Waals surface area (Å²) in [6.07, 6.45) is 6.29. The first-order valence-corrected chi connectivity index (χ1v) is 7.89. The van der Waals surface area contributed by atoms with Crippen molar-refractivity contribution in [1.29, 1.82) is 0 Å². The molecule has 2 aliphatic rings. The minimum Gasteiger partial charge on any atom is -0.393 e. The quantitative estimate of drug-likeness (QED) is 0.916. The van der Waals surface area contributed by atoms with Gasteiger partial charge in [-0.25, -0.2) is 0 Å². The van der Waals surface area contributed by atoms with Gasteiger partial charge in [-0.1, -0.05) is 18.0 Å². The third-order valence-electron chi connectivity index (χ3n) is 4.69. The predicted octanol–water partition coefficient (Wildman–Crippen LogP) is 1.85. The van der Waals surface area contributed by atoms with Crippen molar-refractivity contribution in [2.75, 3.05) is 7.05 Å². The molecule has 6 heteroatoms. The highest BCUT2D eigenvalue weighted by Gasteiger charge is 2.29. The summed E-state index contributed by atoms with van der Waals surface area (Å²) in [6, 6.07) is 0. The van der Waals surface area contributed by atoms with E-state index in [1.54, 1.807) is 11.9 Å². The molecule has 2 fully saturated rings. The van der Waals surface area contributed by atoms with Crippen molar-refractivity contribution in [1.82, 2.24) is 15.0 Å². The molecule has 21 heavy (non-hydrogen) atoms. The van der Waals surface area contributed by atoms with Gasteiger partial charge in [0.15, 0.2) is 5.82 Å². The number of hydrogen-bond donors (Lipinski definition) is 1. The second kappa shape index (κ2) is 6.13. The van der Waals surface area contributed by atoms with Crippen molar-refractivity contribution in [2.45, 2.75) is 63.5 Å². The van der Waals surface area contributed by atoms with E-state index in [1.807, 2.05) is 0 Å². The minimum absolute atomic E-state index is 0.0725. The van der Waals surface area contributed by atoms with E-state index < -0.39 is 0 Å². The molecule has 0 aliphatic heterocycles. The second-order valence-electron chi connectivity index (χ2n) is 6.39. The molecule has 116 valence electrons. The van der Waals surface area contributed by atoms with Crippen LogP contribution in [0.4, 0.5) is 0 Å². The fourth-order valence-electron chi connectivity index (χ4n) is 3.14. The molecular weight excluding hydrogens is 270 g/mol. The predicted molar refractivity (Wildman–Crippen MR) is 75.3 cm³/mol. The van der Waals surface area contributed by atoms with Crippen LogP contribution in [0.15, 0.2) is 4.52 Å². The van der Waals surface area contributed by atoms with Crippen molar-refractivity contribution in [3.8, 4) is 0 Å². The van der Waals surface area contributed by atoms with Gasteiger partial charge in [0.25, 0.3) is 0 Å². The summed E-state index contributed by atoms with van der Waals surface area (Å²) in [4.78, 5) is 18.4. The van der Waals surface area contributed by atoms with E-state index in [0.29, 0.717) is 30.6 Å². The lowest BCUT2D eigenvalue weighted by atomic mass is 9.85. The Balaban J connectivity index is 1.56.